The van der Waals surface area contributed by atoms with Crippen LogP contribution in [0.4, 0.5) is 0 Å². The van der Waals surface area contributed by atoms with Crippen molar-refractivity contribution in [2.24, 2.45) is 0 Å². The Hall–Kier alpha value is -2.43. The van der Waals surface area contributed by atoms with E-state index in [-0.39, 0.29) is 5.73 Å². The average molecular weight is 346 g/mol. The van der Waals surface area contributed by atoms with E-state index in [4.69, 9.17) is 9.47 Å². The lowest BCUT2D eigenvalue weighted by molar-refractivity contribution is 0.0907. The second-order valence-electron chi connectivity index (χ2n) is 5.86. The van der Waals surface area contributed by atoms with Crippen LogP contribution in [0.5, 0.6) is 11.6 Å². The van der Waals surface area contributed by atoms with Crippen LogP contribution in [0.2, 0.25) is 0 Å². The van der Waals surface area contributed by atoms with Gasteiger partial charge in [-0.2, -0.15) is 0 Å². The van der Waals surface area contributed by atoms with Gasteiger partial charge in [0.15, 0.2) is 0 Å². The monoisotopic (exact) mass is 346 g/mol. The molecule has 25 heavy (non-hydrogen) atoms. The molecule has 3 rings (SSSR count). The van der Waals surface area contributed by atoms with Gasteiger partial charge in [-0.05, 0) is 48.7 Å². The summed E-state index contributed by atoms with van der Waals surface area (Å²) in [6.07, 6.45) is 0. The van der Waals surface area contributed by atoms with Gasteiger partial charge in [-0.15, -0.1) is 0 Å². The number of pyridine rings is 1. The van der Waals surface area contributed by atoms with Gasteiger partial charge in [0.05, 0.1) is 28.3 Å². The Morgan fingerprint density at radius 1 is 0.920 bits per heavy atom. The third-order valence-electron chi connectivity index (χ3n) is 4.07. The largest absolute Gasteiger partial charge is 0.439 e. The van der Waals surface area contributed by atoms with Crippen molar-refractivity contribution in [1.29, 1.82) is 0 Å². The lowest BCUT2D eigenvalue weighted by Crippen LogP contribution is -2.07. The molecule has 0 saturated carbocycles. The molecule has 0 fully saturated rings. The van der Waals surface area contributed by atoms with Crippen molar-refractivity contribution >= 4 is 10.2 Å². The number of hydrogen-bond acceptors (Lipinski definition) is 3. The van der Waals surface area contributed by atoms with Crippen LogP contribution >= 0.6 is 0 Å². The molecule has 1 atom stereocenters. The fraction of sp³-hybridized carbons (Fsp3) is 0.190. The van der Waals surface area contributed by atoms with Crippen molar-refractivity contribution in [2.45, 2.75) is 26.2 Å². The van der Waals surface area contributed by atoms with E-state index in [1.807, 2.05) is 54.6 Å². The summed E-state index contributed by atoms with van der Waals surface area (Å²) in [6.45, 7) is 4.60. The summed E-state index contributed by atoms with van der Waals surface area (Å²) in [5, 5.41) is 0. The summed E-state index contributed by atoms with van der Waals surface area (Å²) in [5.74, 6) is 1.32. The SMILES string of the molecule is Cc1cccc(C([Si])OCc2cccc(Oc3ccccc3)n2)c1C. The third kappa shape index (κ3) is 4.56. The zero-order chi connectivity index (χ0) is 17.6. The van der Waals surface area contributed by atoms with Crippen LogP contribution < -0.4 is 4.74 Å². The van der Waals surface area contributed by atoms with Gasteiger partial charge in [0.2, 0.25) is 5.88 Å². The molecule has 0 amide bonds. The molecule has 3 nitrogen and oxygen atoms in total. The first kappa shape index (κ1) is 17.4. The topological polar surface area (TPSA) is 31.4 Å². The fourth-order valence-electron chi connectivity index (χ4n) is 2.52. The van der Waals surface area contributed by atoms with Crippen LogP contribution in [-0.4, -0.2) is 15.2 Å². The summed E-state index contributed by atoms with van der Waals surface area (Å²) < 4.78 is 11.7. The number of para-hydroxylation sites is 1. The molecule has 0 saturated heterocycles. The Labute approximate surface area is 152 Å². The molecular formula is C21H20NO2Si. The Morgan fingerprint density at radius 2 is 1.68 bits per heavy atom. The van der Waals surface area contributed by atoms with E-state index in [9.17, 15) is 0 Å². The van der Waals surface area contributed by atoms with Gasteiger partial charge in [0.25, 0.3) is 0 Å². The molecule has 1 heterocycles. The Morgan fingerprint density at radius 3 is 2.48 bits per heavy atom. The molecule has 0 aliphatic rings. The first-order valence-electron chi connectivity index (χ1n) is 8.21. The second kappa shape index (κ2) is 8.10. The highest BCUT2D eigenvalue weighted by molar-refractivity contribution is 6.11. The first-order valence-corrected chi connectivity index (χ1v) is 8.79. The maximum absolute atomic E-state index is 5.95. The number of ether oxygens (including phenoxy) is 2. The summed E-state index contributed by atoms with van der Waals surface area (Å²) in [5.41, 5.74) is 4.26. The predicted octanol–water partition coefficient (Wildman–Crippen LogP) is 4.87. The number of rotatable bonds is 6. The molecule has 4 heteroatoms. The highest BCUT2D eigenvalue weighted by atomic mass is 28.1. The molecule has 125 valence electrons. The van der Waals surface area contributed by atoms with Gasteiger partial charge in [0, 0.05) is 6.07 Å². The van der Waals surface area contributed by atoms with Crippen LogP contribution in [-0.2, 0) is 11.3 Å². The fourth-order valence-corrected chi connectivity index (χ4v) is 2.92. The Kier molecular flexibility index (Phi) is 5.63. The van der Waals surface area contributed by atoms with E-state index in [1.165, 1.54) is 11.1 Å². The van der Waals surface area contributed by atoms with E-state index >= 15 is 0 Å². The predicted molar refractivity (Wildman–Crippen MR) is 100.0 cm³/mol. The van der Waals surface area contributed by atoms with E-state index in [0.29, 0.717) is 12.5 Å². The molecule has 0 bridgehead atoms. The van der Waals surface area contributed by atoms with Crippen molar-refractivity contribution in [2.75, 3.05) is 0 Å². The van der Waals surface area contributed by atoms with Crippen LogP contribution in [0.25, 0.3) is 0 Å². The smallest absolute Gasteiger partial charge is 0.219 e. The van der Waals surface area contributed by atoms with Gasteiger partial charge in [-0.3, -0.25) is 0 Å². The zero-order valence-electron chi connectivity index (χ0n) is 14.4. The first-order chi connectivity index (χ1) is 12.1. The van der Waals surface area contributed by atoms with Gasteiger partial charge in [-0.25, -0.2) is 4.98 Å². The van der Waals surface area contributed by atoms with Crippen LogP contribution in [0.1, 0.15) is 28.1 Å². The summed E-state index contributed by atoms with van der Waals surface area (Å²) in [6, 6.07) is 21.5. The quantitative estimate of drug-likeness (QED) is 0.596. The Balaban J connectivity index is 1.65. The molecule has 1 unspecified atom stereocenters. The standard InChI is InChI=1S/C21H20NO2Si/c1-15-8-6-12-19(16(15)2)21(25)23-14-17-9-7-13-20(22-17)24-18-10-4-3-5-11-18/h3-13,21H,14H2,1-2H3. The van der Waals surface area contributed by atoms with Crippen molar-refractivity contribution < 1.29 is 9.47 Å². The van der Waals surface area contributed by atoms with E-state index in [1.54, 1.807) is 0 Å². The molecule has 3 radical (unpaired) electrons. The van der Waals surface area contributed by atoms with E-state index in [2.05, 4.69) is 41.2 Å². The number of hydrogen-bond donors (Lipinski definition) is 0. The molecule has 1 aromatic heterocycles. The van der Waals surface area contributed by atoms with Gasteiger partial charge >= 0.3 is 0 Å². The van der Waals surface area contributed by atoms with Crippen molar-refractivity contribution in [1.82, 2.24) is 4.98 Å². The lowest BCUT2D eigenvalue weighted by Gasteiger charge is -2.17. The normalized spacial score (nSPS) is 12.0. The molecule has 3 aromatic rings. The van der Waals surface area contributed by atoms with Gasteiger partial charge in [0.1, 0.15) is 5.75 Å². The van der Waals surface area contributed by atoms with Crippen molar-refractivity contribution in [3.8, 4) is 11.6 Å². The van der Waals surface area contributed by atoms with Gasteiger partial charge < -0.3 is 9.47 Å². The van der Waals surface area contributed by atoms with E-state index in [0.717, 1.165) is 17.0 Å². The van der Waals surface area contributed by atoms with Crippen molar-refractivity contribution in [3.63, 3.8) is 0 Å². The number of aryl methyl sites for hydroxylation is 1. The minimum absolute atomic E-state index is 0.180. The lowest BCUT2D eigenvalue weighted by atomic mass is 10.0. The maximum atomic E-state index is 5.95. The van der Waals surface area contributed by atoms with Crippen molar-refractivity contribution in [3.05, 3.63) is 89.1 Å². The highest BCUT2D eigenvalue weighted by Crippen LogP contribution is 2.23. The highest BCUT2D eigenvalue weighted by Gasteiger charge is 2.11. The molecule has 0 N–H and O–H groups in total. The maximum Gasteiger partial charge on any atom is 0.219 e. The summed E-state index contributed by atoms with van der Waals surface area (Å²) in [7, 11) is 3.68. The molecule has 2 aromatic carbocycles. The number of nitrogens with zero attached hydrogens (tertiary/aromatic N) is 1. The zero-order valence-corrected chi connectivity index (χ0v) is 15.4. The molecule has 0 spiro atoms. The minimum atomic E-state index is -0.180. The van der Waals surface area contributed by atoms with Crippen LogP contribution in [0.3, 0.4) is 0 Å². The summed E-state index contributed by atoms with van der Waals surface area (Å²) >= 11 is 0. The molecule has 0 aliphatic carbocycles. The number of benzene rings is 2. The summed E-state index contributed by atoms with van der Waals surface area (Å²) in [4.78, 5) is 4.50. The molecular weight excluding hydrogens is 326 g/mol. The Bertz CT molecular complexity index is 836. The third-order valence-corrected chi connectivity index (χ3v) is 4.55. The van der Waals surface area contributed by atoms with Crippen LogP contribution in [0, 0.1) is 13.8 Å². The van der Waals surface area contributed by atoms with Gasteiger partial charge in [-0.1, -0.05) is 42.5 Å². The van der Waals surface area contributed by atoms with E-state index < -0.39 is 0 Å². The minimum Gasteiger partial charge on any atom is -0.439 e. The van der Waals surface area contributed by atoms with Crippen LogP contribution in [0.15, 0.2) is 66.7 Å². The molecule has 0 aliphatic heterocycles. The average Bonchev–Trinajstić information content (AvgIpc) is 2.63. The number of aromatic nitrogens is 1. The second-order valence-corrected chi connectivity index (χ2v) is 6.39.